The molecule has 0 unspecified atom stereocenters. The number of nitriles is 1. The van der Waals surface area contributed by atoms with Gasteiger partial charge in [-0.3, -0.25) is 4.79 Å². The van der Waals surface area contributed by atoms with Crippen LogP contribution in [0.5, 0.6) is 0 Å². The molecule has 0 saturated carbocycles. The Kier molecular flexibility index (Phi) is 7.63. The fourth-order valence-electron chi connectivity index (χ4n) is 3.73. The number of nitrogens with one attached hydrogen (secondary N) is 1. The number of amides is 1. The van der Waals surface area contributed by atoms with Gasteiger partial charge < -0.3 is 10.1 Å². The second-order valence-corrected chi connectivity index (χ2v) is 10.5. The summed E-state index contributed by atoms with van der Waals surface area (Å²) in [5.74, 6) is -0.0390. The number of halogens is 1. The van der Waals surface area contributed by atoms with E-state index in [1.165, 1.54) is 30.7 Å². The van der Waals surface area contributed by atoms with Gasteiger partial charge in [-0.2, -0.15) is 15.0 Å². The highest BCUT2D eigenvalue weighted by Crippen LogP contribution is 2.31. The molecule has 2 aromatic carbocycles. The van der Waals surface area contributed by atoms with E-state index in [4.69, 9.17) is 21.6 Å². The van der Waals surface area contributed by atoms with Gasteiger partial charge in [0.1, 0.15) is 18.2 Å². The molecule has 0 radical (unpaired) electrons. The Hall–Kier alpha value is -4.11. The van der Waals surface area contributed by atoms with Crippen LogP contribution in [0.3, 0.4) is 0 Å². The lowest BCUT2D eigenvalue weighted by molar-refractivity contribution is 0.102. The van der Waals surface area contributed by atoms with Crippen molar-refractivity contribution in [2.75, 3.05) is 25.3 Å². The summed E-state index contributed by atoms with van der Waals surface area (Å²) in [6, 6.07) is 16.4. The lowest BCUT2D eigenvalue weighted by Gasteiger charge is -2.20. The maximum Gasteiger partial charge on any atom is 0.255 e. The van der Waals surface area contributed by atoms with Crippen LogP contribution in [0.25, 0.3) is 5.82 Å². The Morgan fingerprint density at radius 2 is 1.97 bits per heavy atom. The Morgan fingerprint density at radius 1 is 1.19 bits per heavy atom. The fraction of sp³-hybridized carbons (Fsp3) is 0.160. The Bertz CT molecular complexity index is 1600. The maximum absolute atomic E-state index is 13.1. The van der Waals surface area contributed by atoms with E-state index in [2.05, 4.69) is 20.4 Å². The first-order valence-corrected chi connectivity index (χ1v) is 13.1. The molecule has 4 aromatic rings. The van der Waals surface area contributed by atoms with E-state index >= 15 is 0 Å². The van der Waals surface area contributed by atoms with E-state index in [1.54, 1.807) is 36.1 Å². The number of hydrogen-bond donors (Lipinski definition) is 1. The highest BCUT2D eigenvalue weighted by Gasteiger charge is 2.25. The van der Waals surface area contributed by atoms with Crippen molar-refractivity contribution in [2.24, 2.45) is 0 Å². The van der Waals surface area contributed by atoms with E-state index in [0.717, 1.165) is 6.26 Å². The lowest BCUT2D eigenvalue weighted by atomic mass is 9.96. The molecule has 0 fully saturated rings. The van der Waals surface area contributed by atoms with Crippen molar-refractivity contribution in [3.63, 3.8) is 0 Å². The Labute approximate surface area is 218 Å². The van der Waals surface area contributed by atoms with Crippen LogP contribution in [0.2, 0.25) is 5.02 Å². The molecule has 2 heterocycles. The molecular weight excluding hydrogens is 516 g/mol. The van der Waals surface area contributed by atoms with Crippen LogP contribution in [-0.2, 0) is 14.6 Å². The lowest BCUT2D eigenvalue weighted by Crippen LogP contribution is -2.19. The van der Waals surface area contributed by atoms with E-state index < -0.39 is 21.7 Å². The molecule has 1 amide bonds. The minimum absolute atomic E-state index is 0.0567. The van der Waals surface area contributed by atoms with Gasteiger partial charge in [-0.25, -0.2) is 18.4 Å². The number of benzene rings is 2. The molecule has 1 atom stereocenters. The van der Waals surface area contributed by atoms with Gasteiger partial charge >= 0.3 is 0 Å². The number of pyridine rings is 1. The number of hydrogen-bond acceptors (Lipinski definition) is 8. The van der Waals surface area contributed by atoms with Gasteiger partial charge in [0.05, 0.1) is 23.0 Å². The van der Waals surface area contributed by atoms with Crippen LogP contribution in [0, 0.1) is 11.3 Å². The van der Waals surface area contributed by atoms with Gasteiger partial charge in [0, 0.05) is 35.8 Å². The Morgan fingerprint density at radius 3 is 2.65 bits per heavy atom. The summed E-state index contributed by atoms with van der Waals surface area (Å²) in [7, 11) is -2.02. The van der Waals surface area contributed by atoms with E-state index in [1.807, 2.05) is 18.2 Å². The van der Waals surface area contributed by atoms with Crippen molar-refractivity contribution in [1.82, 2.24) is 19.7 Å². The zero-order valence-corrected chi connectivity index (χ0v) is 21.4. The van der Waals surface area contributed by atoms with Crippen LogP contribution in [0.15, 0.2) is 72.0 Å². The molecule has 0 aliphatic rings. The average molecular weight is 537 g/mol. The third kappa shape index (κ3) is 5.83. The summed E-state index contributed by atoms with van der Waals surface area (Å²) < 4.78 is 31.0. The number of nitrogens with zero attached hydrogens (tertiary/aromatic N) is 5. The number of carbonyl (C=O) groups excluding carboxylic acids is 1. The van der Waals surface area contributed by atoms with Gasteiger partial charge in [-0.15, -0.1) is 0 Å². The second-order valence-electron chi connectivity index (χ2n) is 8.04. The van der Waals surface area contributed by atoms with Gasteiger partial charge in [-0.1, -0.05) is 29.8 Å². The second kappa shape index (κ2) is 10.9. The number of methoxy groups -OCH3 is 1. The molecule has 0 aliphatic heterocycles. The summed E-state index contributed by atoms with van der Waals surface area (Å²) in [4.78, 5) is 21.8. The van der Waals surface area contributed by atoms with E-state index in [9.17, 15) is 13.2 Å². The van der Waals surface area contributed by atoms with E-state index in [0.29, 0.717) is 28.5 Å². The van der Waals surface area contributed by atoms with Crippen molar-refractivity contribution < 1.29 is 17.9 Å². The molecule has 2 aromatic heterocycles. The predicted octanol–water partition coefficient (Wildman–Crippen LogP) is 3.62. The zero-order valence-electron chi connectivity index (χ0n) is 19.8. The first kappa shape index (κ1) is 26.0. The Balaban J connectivity index is 1.72. The molecule has 0 saturated heterocycles. The summed E-state index contributed by atoms with van der Waals surface area (Å²) in [6.45, 7) is 0.206. The summed E-state index contributed by atoms with van der Waals surface area (Å²) >= 11 is 6.09. The summed E-state index contributed by atoms with van der Waals surface area (Å²) in [5.41, 5.74) is 1.66. The number of carbonyl (C=O) groups is 1. The topological polar surface area (TPSA) is 140 Å². The number of sulfone groups is 1. The molecule has 4 rings (SSSR count). The number of ether oxygens (including phenoxy) is 1. The van der Waals surface area contributed by atoms with Gasteiger partial charge in [0.2, 0.25) is 0 Å². The van der Waals surface area contributed by atoms with Crippen LogP contribution < -0.4 is 5.32 Å². The van der Waals surface area contributed by atoms with Gasteiger partial charge in [-0.05, 0) is 42.0 Å². The van der Waals surface area contributed by atoms with Crippen LogP contribution in [0.1, 0.15) is 33.2 Å². The first-order chi connectivity index (χ1) is 17.7. The predicted molar refractivity (Wildman–Crippen MR) is 137 cm³/mol. The highest BCUT2D eigenvalue weighted by molar-refractivity contribution is 7.90. The number of para-hydroxylation sites is 1. The third-order valence-electron chi connectivity index (χ3n) is 5.46. The van der Waals surface area contributed by atoms with Gasteiger partial charge in [0.25, 0.3) is 5.91 Å². The molecule has 0 bridgehead atoms. The van der Waals surface area contributed by atoms with Crippen LogP contribution in [-0.4, -0.2) is 54.0 Å². The summed E-state index contributed by atoms with van der Waals surface area (Å²) in [5, 5.41) is 16.3. The standard InChI is InChI=1S/C25H21ClN6O4S/c1-36-14-21(24-29-15-30-32(24)23-8-7-16(12-27)13-28-23)20-5-3-4-6-22(20)31-25(33)17-9-18(26)11-19(10-17)37(2,34)35/h3-11,13,15,21H,14H2,1-2H3,(H,31,33)/t21-/m1/s1. The van der Waals surface area contributed by atoms with Crippen molar-refractivity contribution in [3.8, 4) is 11.9 Å². The van der Waals surface area contributed by atoms with E-state index in [-0.39, 0.29) is 22.1 Å². The average Bonchev–Trinajstić information content (AvgIpc) is 3.36. The number of anilines is 1. The van der Waals surface area contributed by atoms with Crippen molar-refractivity contribution in [2.45, 2.75) is 10.8 Å². The van der Waals surface area contributed by atoms with Crippen molar-refractivity contribution >= 4 is 33.0 Å². The molecule has 188 valence electrons. The van der Waals surface area contributed by atoms with Crippen molar-refractivity contribution in [1.29, 1.82) is 5.26 Å². The molecular formula is C25H21ClN6O4S. The van der Waals surface area contributed by atoms with Crippen LogP contribution >= 0.6 is 11.6 Å². The minimum atomic E-state index is -3.57. The number of rotatable bonds is 8. The SMILES string of the molecule is COC[C@H](c1ccccc1NC(=O)c1cc(Cl)cc(S(C)(=O)=O)c1)c1ncnn1-c1ccc(C#N)cn1. The fourth-order valence-corrected chi connectivity index (χ4v) is 4.71. The quantitative estimate of drug-likeness (QED) is 0.360. The van der Waals surface area contributed by atoms with Crippen LogP contribution in [0.4, 0.5) is 5.69 Å². The molecule has 1 N–H and O–H groups in total. The molecule has 10 nitrogen and oxygen atoms in total. The summed E-state index contributed by atoms with van der Waals surface area (Å²) in [6.07, 6.45) is 3.87. The zero-order chi connectivity index (χ0) is 26.6. The normalized spacial score (nSPS) is 12.1. The molecule has 0 aliphatic carbocycles. The molecule has 12 heteroatoms. The molecule has 0 spiro atoms. The highest BCUT2D eigenvalue weighted by atomic mass is 35.5. The van der Waals surface area contributed by atoms with Crippen molar-refractivity contribution in [3.05, 3.63) is 94.7 Å². The smallest absolute Gasteiger partial charge is 0.255 e. The van der Waals surface area contributed by atoms with Gasteiger partial charge in [0.15, 0.2) is 15.7 Å². The first-order valence-electron chi connectivity index (χ1n) is 10.9. The minimum Gasteiger partial charge on any atom is -0.384 e. The molecule has 37 heavy (non-hydrogen) atoms. The monoisotopic (exact) mass is 536 g/mol. The third-order valence-corrected chi connectivity index (χ3v) is 6.77. The largest absolute Gasteiger partial charge is 0.384 e. The maximum atomic E-state index is 13.1. The number of aromatic nitrogens is 4.